The third-order valence-corrected chi connectivity index (χ3v) is 1.65. The smallest absolute Gasteiger partial charge is 0.246 e. The number of carbonyl (C=O) groups is 1. The molecule has 4 heteroatoms. The van der Waals surface area contributed by atoms with E-state index in [2.05, 4.69) is 10.1 Å². The summed E-state index contributed by atoms with van der Waals surface area (Å²) in [5, 5.41) is 2.60. The summed E-state index contributed by atoms with van der Waals surface area (Å²) in [4.78, 5) is 11.0. The average Bonchev–Trinajstić information content (AvgIpc) is 2.15. The largest absolute Gasteiger partial charge is 0.375 e. The predicted molar refractivity (Wildman–Crippen MR) is 50.1 cm³/mol. The van der Waals surface area contributed by atoms with Crippen LogP contribution in [0.15, 0.2) is 24.3 Å². The van der Waals surface area contributed by atoms with Crippen LogP contribution in [0.25, 0.3) is 0 Å². The summed E-state index contributed by atoms with van der Waals surface area (Å²) in [5.74, 6) is -0.514. The van der Waals surface area contributed by atoms with Gasteiger partial charge in [-0.05, 0) is 17.7 Å². The van der Waals surface area contributed by atoms with Crippen molar-refractivity contribution in [3.8, 4) is 0 Å². The minimum Gasteiger partial charge on any atom is -0.375 e. The molecule has 14 heavy (non-hydrogen) atoms. The summed E-state index contributed by atoms with van der Waals surface area (Å²) in [7, 11) is 1.45. The predicted octanol–water partition coefficient (Wildman–Crippen LogP) is 1.09. The maximum atomic E-state index is 12.7. The second-order valence-electron chi connectivity index (χ2n) is 2.84. The van der Waals surface area contributed by atoms with Gasteiger partial charge in [-0.3, -0.25) is 4.79 Å². The fourth-order valence-corrected chi connectivity index (χ4v) is 1.03. The van der Waals surface area contributed by atoms with E-state index in [1.165, 1.54) is 19.2 Å². The molecule has 0 atom stereocenters. The van der Waals surface area contributed by atoms with Crippen LogP contribution in [0.2, 0.25) is 0 Å². The van der Waals surface area contributed by atoms with E-state index < -0.39 is 0 Å². The highest BCUT2D eigenvalue weighted by Gasteiger charge is 2.00. The summed E-state index contributed by atoms with van der Waals surface area (Å²) in [5.41, 5.74) is 0.731. The molecule has 0 aliphatic rings. The summed E-state index contributed by atoms with van der Waals surface area (Å²) in [6.45, 7) is 0.343. The van der Waals surface area contributed by atoms with Gasteiger partial charge in [0.25, 0.3) is 0 Å². The molecule has 0 radical (unpaired) electrons. The highest BCUT2D eigenvalue weighted by atomic mass is 19.1. The first-order valence-electron chi connectivity index (χ1n) is 4.22. The molecule has 1 amide bonds. The van der Waals surface area contributed by atoms with E-state index in [0.29, 0.717) is 6.54 Å². The lowest BCUT2D eigenvalue weighted by Gasteiger charge is -2.04. The highest BCUT2D eigenvalue weighted by molar-refractivity contribution is 5.77. The maximum absolute atomic E-state index is 12.7. The Morgan fingerprint density at radius 2 is 2.36 bits per heavy atom. The number of halogens is 1. The molecule has 0 bridgehead atoms. The van der Waals surface area contributed by atoms with Crippen LogP contribution in [-0.4, -0.2) is 19.6 Å². The number of benzene rings is 1. The fraction of sp³-hybridized carbons (Fsp3) is 0.300. The van der Waals surface area contributed by atoms with Gasteiger partial charge < -0.3 is 10.1 Å². The van der Waals surface area contributed by atoms with Gasteiger partial charge in [0, 0.05) is 13.7 Å². The number of amides is 1. The molecule has 1 N–H and O–H groups in total. The van der Waals surface area contributed by atoms with Crippen LogP contribution in [0, 0.1) is 5.82 Å². The molecule has 1 aromatic carbocycles. The number of carbonyl (C=O) groups excluding carboxylic acids is 1. The van der Waals surface area contributed by atoms with Crippen molar-refractivity contribution in [1.29, 1.82) is 0 Å². The number of ether oxygens (including phenoxy) is 1. The maximum Gasteiger partial charge on any atom is 0.246 e. The molecule has 0 aliphatic heterocycles. The molecule has 0 aliphatic carbocycles. The number of nitrogens with one attached hydrogen (secondary N) is 1. The molecule has 1 aromatic rings. The minimum atomic E-state index is -0.302. The van der Waals surface area contributed by atoms with Crippen molar-refractivity contribution in [1.82, 2.24) is 5.32 Å². The molecule has 3 nitrogen and oxygen atoms in total. The first kappa shape index (κ1) is 10.7. The first-order valence-corrected chi connectivity index (χ1v) is 4.22. The SMILES string of the molecule is COCC(=O)NCc1cccc(F)c1. The quantitative estimate of drug-likeness (QED) is 0.784. The van der Waals surface area contributed by atoms with Crippen LogP contribution in [0.5, 0.6) is 0 Å². The normalized spacial score (nSPS) is 9.86. The van der Waals surface area contributed by atoms with Crippen LogP contribution in [-0.2, 0) is 16.1 Å². The molecular formula is C10H12FNO2. The van der Waals surface area contributed by atoms with Gasteiger partial charge in [-0.1, -0.05) is 12.1 Å². The summed E-state index contributed by atoms with van der Waals surface area (Å²) in [6.07, 6.45) is 0. The number of hydrogen-bond acceptors (Lipinski definition) is 2. The second kappa shape index (κ2) is 5.34. The van der Waals surface area contributed by atoms with E-state index in [0.717, 1.165) is 5.56 Å². The zero-order valence-corrected chi connectivity index (χ0v) is 7.92. The van der Waals surface area contributed by atoms with Crippen LogP contribution in [0.4, 0.5) is 4.39 Å². The van der Waals surface area contributed by atoms with Crippen molar-refractivity contribution in [2.45, 2.75) is 6.54 Å². The summed E-state index contributed by atoms with van der Waals surface area (Å²) >= 11 is 0. The van der Waals surface area contributed by atoms with Gasteiger partial charge in [0.2, 0.25) is 5.91 Å². The van der Waals surface area contributed by atoms with Gasteiger partial charge in [0.1, 0.15) is 12.4 Å². The van der Waals surface area contributed by atoms with E-state index in [4.69, 9.17) is 0 Å². The Morgan fingerprint density at radius 3 is 3.00 bits per heavy atom. The molecule has 0 unspecified atom stereocenters. The molecule has 76 valence electrons. The van der Waals surface area contributed by atoms with E-state index in [9.17, 15) is 9.18 Å². The Morgan fingerprint density at radius 1 is 1.57 bits per heavy atom. The Kier molecular flexibility index (Phi) is 4.07. The zero-order valence-electron chi connectivity index (χ0n) is 7.92. The lowest BCUT2D eigenvalue weighted by atomic mass is 10.2. The Balaban J connectivity index is 2.41. The van der Waals surface area contributed by atoms with Gasteiger partial charge >= 0.3 is 0 Å². The number of rotatable bonds is 4. The molecule has 0 fully saturated rings. The Labute approximate surface area is 81.9 Å². The average molecular weight is 197 g/mol. The number of methoxy groups -OCH3 is 1. The highest BCUT2D eigenvalue weighted by Crippen LogP contribution is 2.02. The molecule has 1 rings (SSSR count). The lowest BCUT2D eigenvalue weighted by Crippen LogP contribution is -2.26. The lowest BCUT2D eigenvalue weighted by molar-refractivity contribution is -0.124. The first-order chi connectivity index (χ1) is 6.72. The van der Waals surface area contributed by atoms with Crippen molar-refractivity contribution < 1.29 is 13.9 Å². The van der Waals surface area contributed by atoms with E-state index >= 15 is 0 Å². The molecule has 0 saturated carbocycles. The summed E-state index contributed by atoms with van der Waals surface area (Å²) < 4.78 is 17.3. The van der Waals surface area contributed by atoms with Crippen molar-refractivity contribution in [3.05, 3.63) is 35.6 Å². The molecular weight excluding hydrogens is 185 g/mol. The molecule has 0 heterocycles. The van der Waals surface area contributed by atoms with Crippen LogP contribution < -0.4 is 5.32 Å². The van der Waals surface area contributed by atoms with E-state index in [-0.39, 0.29) is 18.3 Å². The fourth-order valence-electron chi connectivity index (χ4n) is 1.03. The molecule has 0 saturated heterocycles. The van der Waals surface area contributed by atoms with E-state index in [1.807, 2.05) is 0 Å². The van der Waals surface area contributed by atoms with Crippen LogP contribution >= 0.6 is 0 Å². The third kappa shape index (κ3) is 3.53. The molecule has 0 spiro atoms. The standard InChI is InChI=1S/C10H12FNO2/c1-14-7-10(13)12-6-8-3-2-4-9(11)5-8/h2-5H,6-7H2,1H3,(H,12,13). The third-order valence-electron chi connectivity index (χ3n) is 1.65. The van der Waals surface area contributed by atoms with Gasteiger partial charge in [0.15, 0.2) is 0 Å². The Bertz CT molecular complexity index is 315. The van der Waals surface area contributed by atoms with Crippen LogP contribution in [0.3, 0.4) is 0 Å². The van der Waals surface area contributed by atoms with Gasteiger partial charge in [-0.25, -0.2) is 4.39 Å². The van der Waals surface area contributed by atoms with E-state index in [1.54, 1.807) is 12.1 Å². The molecule has 0 aromatic heterocycles. The van der Waals surface area contributed by atoms with Crippen molar-refractivity contribution >= 4 is 5.91 Å². The zero-order chi connectivity index (χ0) is 10.4. The van der Waals surface area contributed by atoms with Crippen molar-refractivity contribution in [3.63, 3.8) is 0 Å². The van der Waals surface area contributed by atoms with Gasteiger partial charge in [-0.15, -0.1) is 0 Å². The second-order valence-corrected chi connectivity index (χ2v) is 2.84. The van der Waals surface area contributed by atoms with Crippen molar-refractivity contribution in [2.24, 2.45) is 0 Å². The van der Waals surface area contributed by atoms with Crippen LogP contribution in [0.1, 0.15) is 5.56 Å². The monoisotopic (exact) mass is 197 g/mol. The number of hydrogen-bond donors (Lipinski definition) is 1. The van der Waals surface area contributed by atoms with Gasteiger partial charge in [-0.2, -0.15) is 0 Å². The topological polar surface area (TPSA) is 38.3 Å². The van der Waals surface area contributed by atoms with Gasteiger partial charge in [0.05, 0.1) is 0 Å². The minimum absolute atomic E-state index is 0.0231. The van der Waals surface area contributed by atoms with Crippen molar-refractivity contribution in [2.75, 3.05) is 13.7 Å². The Hall–Kier alpha value is -1.42. The summed E-state index contributed by atoms with van der Waals surface area (Å²) in [6, 6.07) is 6.09.